The van der Waals surface area contributed by atoms with E-state index in [1.807, 2.05) is 6.07 Å². The lowest BCUT2D eigenvalue weighted by Gasteiger charge is -2.33. The number of rotatable bonds is 5. The van der Waals surface area contributed by atoms with E-state index in [1.165, 1.54) is 16.2 Å². The SMILES string of the molecule is NC(=O)[C@@H]1CCCCN1C(=O)COC(=O)c1csc(-c2cccc(Cl)c2)n1. The van der Waals surface area contributed by atoms with Crippen molar-refractivity contribution in [2.24, 2.45) is 5.73 Å². The Hall–Kier alpha value is -2.45. The Morgan fingerprint density at radius 2 is 2.15 bits per heavy atom. The van der Waals surface area contributed by atoms with E-state index in [9.17, 15) is 14.4 Å². The van der Waals surface area contributed by atoms with Crippen LogP contribution in [0.5, 0.6) is 0 Å². The highest BCUT2D eigenvalue weighted by molar-refractivity contribution is 7.13. The largest absolute Gasteiger partial charge is 0.451 e. The third-order valence-corrected chi connectivity index (χ3v) is 5.39. The number of primary amides is 1. The fourth-order valence-corrected chi connectivity index (χ4v) is 3.91. The van der Waals surface area contributed by atoms with Gasteiger partial charge in [0.05, 0.1) is 0 Å². The highest BCUT2D eigenvalue weighted by atomic mass is 35.5. The van der Waals surface area contributed by atoms with Crippen LogP contribution in [0.1, 0.15) is 29.8 Å². The van der Waals surface area contributed by atoms with Crippen molar-refractivity contribution in [2.45, 2.75) is 25.3 Å². The van der Waals surface area contributed by atoms with Crippen LogP contribution in [0.25, 0.3) is 10.6 Å². The molecule has 0 spiro atoms. The predicted molar refractivity (Wildman–Crippen MR) is 101 cm³/mol. The lowest BCUT2D eigenvalue weighted by Crippen LogP contribution is -2.51. The Balaban J connectivity index is 1.61. The summed E-state index contributed by atoms with van der Waals surface area (Å²) >= 11 is 7.25. The molecule has 1 atom stereocenters. The molecule has 9 heteroatoms. The first-order chi connectivity index (χ1) is 13.0. The molecule has 0 radical (unpaired) electrons. The van der Waals surface area contributed by atoms with Gasteiger partial charge in [-0.1, -0.05) is 23.7 Å². The van der Waals surface area contributed by atoms with Crippen molar-refractivity contribution in [2.75, 3.05) is 13.2 Å². The maximum absolute atomic E-state index is 12.3. The van der Waals surface area contributed by atoms with Crippen molar-refractivity contribution in [3.8, 4) is 10.6 Å². The number of esters is 1. The number of nitrogens with zero attached hydrogens (tertiary/aromatic N) is 2. The minimum Gasteiger partial charge on any atom is -0.451 e. The molecule has 1 aromatic heterocycles. The van der Waals surface area contributed by atoms with Crippen molar-refractivity contribution in [3.05, 3.63) is 40.4 Å². The Kier molecular flexibility index (Phi) is 6.08. The molecule has 1 aromatic carbocycles. The van der Waals surface area contributed by atoms with Crippen LogP contribution in [0.2, 0.25) is 5.02 Å². The number of likely N-dealkylation sites (tertiary alicyclic amines) is 1. The molecule has 7 nitrogen and oxygen atoms in total. The molecular weight excluding hydrogens is 390 g/mol. The van der Waals surface area contributed by atoms with E-state index in [-0.39, 0.29) is 5.69 Å². The van der Waals surface area contributed by atoms with Gasteiger partial charge in [0.2, 0.25) is 5.91 Å². The number of thiazole rings is 1. The summed E-state index contributed by atoms with van der Waals surface area (Å²) in [6, 6.07) is 6.49. The molecule has 1 aliphatic rings. The normalized spacial score (nSPS) is 16.8. The number of halogens is 1. The number of amides is 2. The van der Waals surface area contributed by atoms with Crippen LogP contribution in [0.15, 0.2) is 29.6 Å². The second kappa shape index (κ2) is 8.49. The minimum atomic E-state index is -0.694. The molecule has 2 heterocycles. The number of aromatic nitrogens is 1. The van der Waals surface area contributed by atoms with E-state index in [0.717, 1.165) is 18.4 Å². The molecule has 1 saturated heterocycles. The summed E-state index contributed by atoms with van der Waals surface area (Å²) in [6.07, 6.45) is 2.16. The van der Waals surface area contributed by atoms with Crippen LogP contribution in [0, 0.1) is 0 Å². The van der Waals surface area contributed by atoms with Crippen LogP contribution in [-0.2, 0) is 14.3 Å². The second-order valence-corrected chi connectivity index (χ2v) is 7.42. The van der Waals surface area contributed by atoms with E-state index in [0.29, 0.717) is 23.0 Å². The number of hydrogen-bond donors (Lipinski definition) is 1. The van der Waals surface area contributed by atoms with Gasteiger partial charge in [0.1, 0.15) is 11.0 Å². The lowest BCUT2D eigenvalue weighted by atomic mass is 10.0. The first-order valence-corrected chi connectivity index (χ1v) is 9.69. The van der Waals surface area contributed by atoms with Crippen LogP contribution in [0.4, 0.5) is 0 Å². The fraction of sp³-hybridized carbons (Fsp3) is 0.333. The smallest absolute Gasteiger partial charge is 0.358 e. The van der Waals surface area contributed by atoms with Crippen molar-refractivity contribution >= 4 is 40.7 Å². The van der Waals surface area contributed by atoms with E-state index in [1.54, 1.807) is 23.6 Å². The number of benzene rings is 1. The third kappa shape index (κ3) is 4.64. The topological polar surface area (TPSA) is 103 Å². The summed E-state index contributed by atoms with van der Waals surface area (Å²) in [5, 5.41) is 2.76. The molecule has 2 amide bonds. The average molecular weight is 408 g/mol. The molecule has 2 aromatic rings. The molecule has 0 unspecified atom stereocenters. The summed E-state index contributed by atoms with van der Waals surface area (Å²) < 4.78 is 5.08. The molecule has 2 N–H and O–H groups in total. The number of piperidine rings is 1. The molecule has 0 saturated carbocycles. The summed E-state index contributed by atoms with van der Waals surface area (Å²) in [5.41, 5.74) is 6.26. The van der Waals surface area contributed by atoms with E-state index < -0.39 is 30.4 Å². The van der Waals surface area contributed by atoms with Crippen molar-refractivity contribution in [3.63, 3.8) is 0 Å². The Labute approximate surface area is 165 Å². The number of ether oxygens (including phenoxy) is 1. The maximum Gasteiger partial charge on any atom is 0.358 e. The van der Waals surface area contributed by atoms with E-state index >= 15 is 0 Å². The van der Waals surface area contributed by atoms with Gasteiger partial charge < -0.3 is 15.4 Å². The quantitative estimate of drug-likeness (QED) is 0.767. The Morgan fingerprint density at radius 1 is 1.33 bits per heavy atom. The van der Waals surface area contributed by atoms with Crippen LogP contribution >= 0.6 is 22.9 Å². The zero-order valence-electron chi connectivity index (χ0n) is 14.4. The van der Waals surface area contributed by atoms with Crippen LogP contribution < -0.4 is 5.73 Å². The molecule has 27 heavy (non-hydrogen) atoms. The monoisotopic (exact) mass is 407 g/mol. The second-order valence-electron chi connectivity index (χ2n) is 6.13. The fourth-order valence-electron chi connectivity index (χ4n) is 2.93. The first-order valence-electron chi connectivity index (χ1n) is 8.43. The molecule has 1 aliphatic heterocycles. The van der Waals surface area contributed by atoms with Gasteiger partial charge in [-0.3, -0.25) is 9.59 Å². The Bertz CT molecular complexity index is 870. The number of carbonyl (C=O) groups is 3. The zero-order valence-corrected chi connectivity index (χ0v) is 16.0. The van der Waals surface area contributed by atoms with Crippen molar-refractivity contribution in [1.82, 2.24) is 9.88 Å². The standard InChI is InChI=1S/C18H18ClN3O4S/c19-12-5-3-4-11(8-12)17-21-13(10-27-17)18(25)26-9-15(23)22-7-2-1-6-14(22)16(20)24/h3-5,8,10,14H,1-2,6-7,9H2,(H2,20,24)/t14-/m0/s1. The van der Waals surface area contributed by atoms with Gasteiger partial charge >= 0.3 is 5.97 Å². The highest BCUT2D eigenvalue weighted by Crippen LogP contribution is 2.26. The predicted octanol–water partition coefficient (Wildman–Crippen LogP) is 2.49. The van der Waals surface area contributed by atoms with Crippen LogP contribution in [-0.4, -0.2) is 46.9 Å². The molecule has 0 aliphatic carbocycles. The summed E-state index contributed by atoms with van der Waals surface area (Å²) in [5.74, 6) is -1.67. The summed E-state index contributed by atoms with van der Waals surface area (Å²) in [4.78, 5) is 41.6. The van der Waals surface area contributed by atoms with E-state index in [2.05, 4.69) is 4.98 Å². The number of carbonyl (C=O) groups excluding carboxylic acids is 3. The molecular formula is C18H18ClN3O4S. The number of hydrogen-bond acceptors (Lipinski definition) is 6. The number of nitrogens with two attached hydrogens (primary N) is 1. The van der Waals surface area contributed by atoms with Gasteiger partial charge in [-0.15, -0.1) is 11.3 Å². The van der Waals surface area contributed by atoms with Crippen LogP contribution in [0.3, 0.4) is 0 Å². The average Bonchev–Trinajstić information content (AvgIpc) is 3.16. The minimum absolute atomic E-state index is 0.118. The van der Waals surface area contributed by atoms with Crippen molar-refractivity contribution < 1.29 is 19.1 Å². The molecule has 142 valence electrons. The van der Waals surface area contributed by atoms with E-state index in [4.69, 9.17) is 22.1 Å². The molecule has 3 rings (SSSR count). The summed E-state index contributed by atoms with van der Waals surface area (Å²) in [7, 11) is 0. The maximum atomic E-state index is 12.3. The molecule has 0 bridgehead atoms. The third-order valence-electron chi connectivity index (χ3n) is 4.26. The van der Waals surface area contributed by atoms with Gasteiger partial charge in [-0.05, 0) is 31.4 Å². The Morgan fingerprint density at radius 3 is 2.89 bits per heavy atom. The zero-order chi connectivity index (χ0) is 19.4. The van der Waals surface area contributed by atoms with Gasteiger partial charge in [-0.2, -0.15) is 0 Å². The summed E-state index contributed by atoms with van der Waals surface area (Å²) in [6.45, 7) is -0.0216. The first kappa shape index (κ1) is 19.3. The lowest BCUT2D eigenvalue weighted by molar-refractivity contribution is -0.143. The van der Waals surface area contributed by atoms with Gasteiger partial charge in [0.15, 0.2) is 12.3 Å². The van der Waals surface area contributed by atoms with Crippen molar-refractivity contribution in [1.29, 1.82) is 0 Å². The van der Waals surface area contributed by atoms with Gasteiger partial charge in [0, 0.05) is 22.5 Å². The molecule has 1 fully saturated rings. The van der Waals surface area contributed by atoms with Gasteiger partial charge in [0.25, 0.3) is 5.91 Å². The van der Waals surface area contributed by atoms with Gasteiger partial charge in [-0.25, -0.2) is 9.78 Å². The highest BCUT2D eigenvalue weighted by Gasteiger charge is 2.31.